The molecule has 126 valence electrons. The fourth-order valence-electron chi connectivity index (χ4n) is 3.18. The summed E-state index contributed by atoms with van der Waals surface area (Å²) in [5.74, 6) is 6.59. The van der Waals surface area contributed by atoms with Gasteiger partial charge in [-0.25, -0.2) is 9.98 Å². The highest BCUT2D eigenvalue weighted by Gasteiger charge is 2.22. The lowest BCUT2D eigenvalue weighted by Gasteiger charge is -2.33. The second kappa shape index (κ2) is 7.37. The highest BCUT2D eigenvalue weighted by molar-refractivity contribution is 5.60. The Morgan fingerprint density at radius 2 is 2.08 bits per heavy atom. The standard InChI is InChI=1S/C20H20N4O/c1-2-5-17(6-3-1)13-24-15-18-14-23(11-8-19(18)22-16-24)10-4-7-20-21-9-12-25-20/h1-3,5-6,9,12,16H,8,10-11,13-15H2. The van der Waals surface area contributed by atoms with E-state index in [2.05, 4.69) is 55.9 Å². The fourth-order valence-corrected chi connectivity index (χ4v) is 3.18. The van der Waals surface area contributed by atoms with E-state index in [1.807, 2.05) is 12.4 Å². The van der Waals surface area contributed by atoms with E-state index in [9.17, 15) is 0 Å². The van der Waals surface area contributed by atoms with Gasteiger partial charge < -0.3 is 9.32 Å². The average Bonchev–Trinajstić information content (AvgIpc) is 3.16. The van der Waals surface area contributed by atoms with Crippen LogP contribution in [0.3, 0.4) is 0 Å². The molecular weight excluding hydrogens is 312 g/mol. The Bertz CT molecular complexity index is 828. The molecule has 0 spiro atoms. The molecule has 5 nitrogen and oxygen atoms in total. The van der Waals surface area contributed by atoms with Crippen molar-refractivity contribution in [3.63, 3.8) is 0 Å². The first-order valence-corrected chi connectivity index (χ1v) is 8.50. The molecule has 1 aromatic carbocycles. The maximum Gasteiger partial charge on any atom is 0.273 e. The zero-order valence-electron chi connectivity index (χ0n) is 14.1. The third-order valence-electron chi connectivity index (χ3n) is 4.42. The van der Waals surface area contributed by atoms with Crippen LogP contribution < -0.4 is 0 Å². The van der Waals surface area contributed by atoms with Gasteiger partial charge in [-0.2, -0.15) is 0 Å². The lowest BCUT2D eigenvalue weighted by Crippen LogP contribution is -2.38. The van der Waals surface area contributed by atoms with Crippen LogP contribution in [0.4, 0.5) is 0 Å². The first kappa shape index (κ1) is 15.7. The Morgan fingerprint density at radius 3 is 2.92 bits per heavy atom. The summed E-state index contributed by atoms with van der Waals surface area (Å²) in [5.41, 5.74) is 3.96. The van der Waals surface area contributed by atoms with Crippen LogP contribution in [-0.2, 0) is 6.54 Å². The van der Waals surface area contributed by atoms with Gasteiger partial charge >= 0.3 is 0 Å². The molecular formula is C20H20N4O. The average molecular weight is 332 g/mol. The molecule has 2 aromatic rings. The van der Waals surface area contributed by atoms with E-state index in [1.165, 1.54) is 16.8 Å². The second-order valence-corrected chi connectivity index (χ2v) is 6.29. The van der Waals surface area contributed by atoms with Crippen molar-refractivity contribution in [1.29, 1.82) is 0 Å². The van der Waals surface area contributed by atoms with Crippen molar-refractivity contribution in [2.24, 2.45) is 4.99 Å². The van der Waals surface area contributed by atoms with Crippen molar-refractivity contribution in [2.75, 3.05) is 26.2 Å². The smallest absolute Gasteiger partial charge is 0.273 e. The fraction of sp³-hybridized carbons (Fsp3) is 0.300. The van der Waals surface area contributed by atoms with E-state index in [0.717, 1.165) is 39.1 Å². The van der Waals surface area contributed by atoms with Gasteiger partial charge in [0.25, 0.3) is 5.89 Å². The van der Waals surface area contributed by atoms with Crippen LogP contribution in [0.25, 0.3) is 0 Å². The highest BCUT2D eigenvalue weighted by Crippen LogP contribution is 2.23. The summed E-state index contributed by atoms with van der Waals surface area (Å²) in [6.07, 6.45) is 6.14. The number of benzene rings is 1. The minimum Gasteiger partial charge on any atom is -0.439 e. The molecule has 0 atom stereocenters. The summed E-state index contributed by atoms with van der Waals surface area (Å²) in [4.78, 5) is 13.3. The van der Waals surface area contributed by atoms with Gasteiger partial charge in [0.1, 0.15) is 6.26 Å². The Balaban J connectivity index is 1.35. The SMILES string of the molecule is C(#Cc1ncco1)CN1CCC2=C(CN(Cc3ccccc3)C=N2)C1. The van der Waals surface area contributed by atoms with Crippen molar-refractivity contribution >= 4 is 6.34 Å². The predicted octanol–water partition coefficient (Wildman–Crippen LogP) is 2.53. The van der Waals surface area contributed by atoms with Gasteiger partial charge in [0.05, 0.1) is 19.1 Å². The molecule has 0 aliphatic carbocycles. The Kier molecular flexibility index (Phi) is 4.62. The quantitative estimate of drug-likeness (QED) is 0.810. The van der Waals surface area contributed by atoms with Crippen LogP contribution in [0.1, 0.15) is 17.9 Å². The van der Waals surface area contributed by atoms with Crippen molar-refractivity contribution in [3.8, 4) is 11.8 Å². The van der Waals surface area contributed by atoms with Crippen molar-refractivity contribution in [3.05, 3.63) is 65.5 Å². The van der Waals surface area contributed by atoms with Crippen LogP contribution >= 0.6 is 0 Å². The number of aliphatic imine (C=N–C) groups is 1. The molecule has 0 saturated carbocycles. The van der Waals surface area contributed by atoms with Gasteiger partial charge in [-0.1, -0.05) is 36.3 Å². The second-order valence-electron chi connectivity index (χ2n) is 6.29. The molecule has 0 unspecified atom stereocenters. The van der Waals surface area contributed by atoms with Crippen molar-refractivity contribution < 1.29 is 4.42 Å². The van der Waals surface area contributed by atoms with E-state index in [-0.39, 0.29) is 0 Å². The largest absolute Gasteiger partial charge is 0.439 e. The number of oxazole rings is 1. The van der Waals surface area contributed by atoms with Gasteiger partial charge in [0.2, 0.25) is 0 Å². The van der Waals surface area contributed by atoms with Gasteiger partial charge in [0.15, 0.2) is 0 Å². The third kappa shape index (κ3) is 3.98. The molecule has 0 bridgehead atoms. The van der Waals surface area contributed by atoms with E-state index in [0.29, 0.717) is 5.89 Å². The molecule has 5 heteroatoms. The molecule has 4 rings (SSSR count). The predicted molar refractivity (Wildman–Crippen MR) is 96.8 cm³/mol. The zero-order chi connectivity index (χ0) is 16.9. The van der Waals surface area contributed by atoms with Gasteiger partial charge in [-0.15, -0.1) is 0 Å². The summed E-state index contributed by atoms with van der Waals surface area (Å²) in [6.45, 7) is 4.48. The number of hydrogen-bond acceptors (Lipinski definition) is 5. The monoisotopic (exact) mass is 332 g/mol. The number of hydrogen-bond donors (Lipinski definition) is 0. The Labute approximate surface area is 147 Å². The van der Waals surface area contributed by atoms with Crippen LogP contribution in [0.5, 0.6) is 0 Å². The number of nitrogens with zero attached hydrogens (tertiary/aromatic N) is 4. The maximum atomic E-state index is 5.14. The van der Waals surface area contributed by atoms with E-state index in [4.69, 9.17) is 4.42 Å². The summed E-state index contributed by atoms with van der Waals surface area (Å²) >= 11 is 0. The van der Waals surface area contributed by atoms with Gasteiger partial charge in [-0.3, -0.25) is 4.90 Å². The molecule has 3 heterocycles. The molecule has 0 amide bonds. The summed E-state index contributed by atoms with van der Waals surface area (Å²) in [7, 11) is 0. The Morgan fingerprint density at radius 1 is 1.16 bits per heavy atom. The molecule has 2 aliphatic rings. The van der Waals surface area contributed by atoms with Crippen LogP contribution in [-0.4, -0.2) is 47.3 Å². The first-order valence-electron chi connectivity index (χ1n) is 8.50. The van der Waals surface area contributed by atoms with Gasteiger partial charge in [0, 0.05) is 38.3 Å². The normalized spacial score (nSPS) is 17.2. The van der Waals surface area contributed by atoms with Crippen LogP contribution in [0.2, 0.25) is 0 Å². The lowest BCUT2D eigenvalue weighted by atomic mass is 10.0. The van der Waals surface area contributed by atoms with Crippen LogP contribution in [0, 0.1) is 11.8 Å². The Hall–Kier alpha value is -2.84. The molecule has 0 radical (unpaired) electrons. The third-order valence-corrected chi connectivity index (χ3v) is 4.42. The van der Waals surface area contributed by atoms with Crippen LogP contribution in [0.15, 0.2) is 63.5 Å². The van der Waals surface area contributed by atoms with Gasteiger partial charge in [-0.05, 0) is 17.1 Å². The molecule has 0 fully saturated rings. The minimum absolute atomic E-state index is 0.480. The summed E-state index contributed by atoms with van der Waals surface area (Å²) in [6, 6.07) is 10.5. The number of aromatic nitrogens is 1. The van der Waals surface area contributed by atoms with E-state index < -0.39 is 0 Å². The molecule has 2 aliphatic heterocycles. The topological polar surface area (TPSA) is 44.9 Å². The molecule has 1 aromatic heterocycles. The molecule has 25 heavy (non-hydrogen) atoms. The van der Waals surface area contributed by atoms with E-state index in [1.54, 1.807) is 12.5 Å². The molecule has 0 saturated heterocycles. The molecule has 0 N–H and O–H groups in total. The highest BCUT2D eigenvalue weighted by atomic mass is 16.3. The minimum atomic E-state index is 0.480. The van der Waals surface area contributed by atoms with Crippen molar-refractivity contribution in [1.82, 2.24) is 14.8 Å². The van der Waals surface area contributed by atoms with E-state index >= 15 is 0 Å². The summed E-state index contributed by atoms with van der Waals surface area (Å²) < 4.78 is 5.14. The maximum absolute atomic E-state index is 5.14. The van der Waals surface area contributed by atoms with Crippen molar-refractivity contribution in [2.45, 2.75) is 13.0 Å². The summed E-state index contributed by atoms with van der Waals surface area (Å²) in [5, 5.41) is 0. The zero-order valence-corrected chi connectivity index (χ0v) is 14.1. The lowest BCUT2D eigenvalue weighted by molar-refractivity contribution is 0.300. The first-order chi connectivity index (χ1) is 12.4. The number of rotatable bonds is 3.